The summed E-state index contributed by atoms with van der Waals surface area (Å²) in [5.41, 5.74) is 5.17. The van der Waals surface area contributed by atoms with Gasteiger partial charge in [-0.1, -0.05) is 62.4 Å². The van der Waals surface area contributed by atoms with Crippen molar-refractivity contribution >= 4 is 44.1 Å². The van der Waals surface area contributed by atoms with Gasteiger partial charge in [0.2, 0.25) is 0 Å². The first kappa shape index (κ1) is 25.3. The number of aryl methyl sites for hydroxylation is 1. The Kier molecular flexibility index (Phi) is 5.88. The second-order valence-electron chi connectivity index (χ2n) is 11.5. The topological polar surface area (TPSA) is 79.7 Å². The van der Waals surface area contributed by atoms with Crippen LogP contribution in [0.4, 0.5) is 5.13 Å². The molecule has 0 bridgehead atoms. The van der Waals surface area contributed by atoms with Crippen LogP contribution in [-0.2, 0) is 21.4 Å². The van der Waals surface area contributed by atoms with Gasteiger partial charge in [0.15, 0.2) is 5.13 Å². The van der Waals surface area contributed by atoms with Crippen molar-refractivity contribution in [2.45, 2.75) is 58.6 Å². The van der Waals surface area contributed by atoms with E-state index in [1.54, 1.807) is 6.07 Å². The van der Waals surface area contributed by atoms with Crippen LogP contribution in [-0.4, -0.2) is 27.9 Å². The number of amides is 1. The van der Waals surface area contributed by atoms with Crippen LogP contribution >= 0.6 is 11.3 Å². The number of hydrogen-bond donors (Lipinski definition) is 1. The molecule has 7 heteroatoms. The number of carbonyl (C=O) groups is 2. The van der Waals surface area contributed by atoms with Crippen molar-refractivity contribution in [3.63, 3.8) is 0 Å². The minimum absolute atomic E-state index is 0.0481. The zero-order chi connectivity index (χ0) is 27.6. The third-order valence-corrected chi connectivity index (χ3v) is 8.46. The van der Waals surface area contributed by atoms with Gasteiger partial charge in [-0.05, 0) is 71.8 Å². The van der Waals surface area contributed by atoms with E-state index >= 15 is 0 Å². The summed E-state index contributed by atoms with van der Waals surface area (Å²) in [6.45, 7) is 10.4. The average molecular weight is 539 g/mol. The van der Waals surface area contributed by atoms with Crippen LogP contribution in [0.25, 0.3) is 16.0 Å². The number of ether oxygens (including phenoxy) is 1. The smallest absolute Gasteiger partial charge is 0.301 e. The Morgan fingerprint density at radius 3 is 2.51 bits per heavy atom. The summed E-state index contributed by atoms with van der Waals surface area (Å²) in [7, 11) is 0. The zero-order valence-electron chi connectivity index (χ0n) is 22.6. The molecule has 0 aliphatic carbocycles. The van der Waals surface area contributed by atoms with Gasteiger partial charge in [-0.15, -0.1) is 0 Å². The predicted octanol–water partition coefficient (Wildman–Crippen LogP) is 6.85. The van der Waals surface area contributed by atoms with Gasteiger partial charge in [-0.25, -0.2) is 4.98 Å². The summed E-state index contributed by atoms with van der Waals surface area (Å²) < 4.78 is 6.74. The molecule has 1 N–H and O–H groups in total. The summed E-state index contributed by atoms with van der Waals surface area (Å²) >= 11 is 1.37. The summed E-state index contributed by atoms with van der Waals surface area (Å²) in [5.74, 6) is -0.841. The molecular weight excluding hydrogens is 508 g/mol. The van der Waals surface area contributed by atoms with E-state index in [9.17, 15) is 14.7 Å². The number of fused-ring (bicyclic) bond motifs is 2. The molecule has 6 rings (SSSR count). The highest BCUT2D eigenvalue weighted by atomic mass is 32.1. The summed E-state index contributed by atoms with van der Waals surface area (Å²) in [4.78, 5) is 33.4. The second-order valence-corrected chi connectivity index (χ2v) is 12.5. The van der Waals surface area contributed by atoms with E-state index in [0.29, 0.717) is 17.1 Å². The fourth-order valence-corrected chi connectivity index (χ4v) is 6.45. The highest BCUT2D eigenvalue weighted by Crippen LogP contribution is 2.45. The molecule has 2 atom stereocenters. The van der Waals surface area contributed by atoms with E-state index in [-0.39, 0.29) is 22.9 Å². The number of thiazole rings is 1. The van der Waals surface area contributed by atoms with Crippen molar-refractivity contribution in [1.29, 1.82) is 0 Å². The number of aromatic nitrogens is 1. The molecule has 2 aliphatic heterocycles. The summed E-state index contributed by atoms with van der Waals surface area (Å²) in [5, 5.41) is 12.0. The molecule has 1 fully saturated rings. The van der Waals surface area contributed by atoms with Crippen LogP contribution in [0.3, 0.4) is 0 Å². The summed E-state index contributed by atoms with van der Waals surface area (Å²) in [6, 6.07) is 18.4. The molecule has 2 aliphatic rings. The lowest BCUT2D eigenvalue weighted by Gasteiger charge is -2.24. The first-order valence-electron chi connectivity index (χ1n) is 13.1. The normalized spacial score (nSPS) is 20.5. The molecule has 4 aromatic rings. The number of Topliss-reactive ketones (excluding diaryl/α,β-unsaturated/α-hetero) is 1. The SMILES string of the molecule is Cc1ccc2nc(N3C(=O)C(=O)/C(=C(/O)c4ccc5c(c4)C[C@H](C)O5)[C@@H]3c3ccc(C(C)(C)C)cc3)sc2c1. The summed E-state index contributed by atoms with van der Waals surface area (Å²) in [6.07, 6.45) is 0.764. The van der Waals surface area contributed by atoms with Crippen LogP contribution in [0.2, 0.25) is 0 Å². The van der Waals surface area contributed by atoms with Crippen LogP contribution < -0.4 is 9.64 Å². The maximum atomic E-state index is 13.6. The minimum atomic E-state index is -0.816. The Morgan fingerprint density at radius 2 is 1.79 bits per heavy atom. The third-order valence-electron chi connectivity index (χ3n) is 7.45. The van der Waals surface area contributed by atoms with Crippen LogP contribution in [0.5, 0.6) is 5.75 Å². The number of anilines is 1. The first-order chi connectivity index (χ1) is 18.5. The van der Waals surface area contributed by atoms with E-state index in [2.05, 4.69) is 20.8 Å². The zero-order valence-corrected chi connectivity index (χ0v) is 23.4. The standard InChI is InChI=1S/C32H30N2O4S/c1-17-6-12-23-25(14-17)39-31(33-23)34-27(19-7-10-22(11-8-19)32(3,4)5)26(29(36)30(34)37)28(35)20-9-13-24-21(16-20)15-18(2)38-24/h6-14,16,18,27,35H,15H2,1-5H3/b28-26+/t18-,27-/m0/s1. The molecule has 3 aromatic carbocycles. The van der Waals surface area contributed by atoms with E-state index in [0.717, 1.165) is 38.2 Å². The molecule has 198 valence electrons. The number of rotatable bonds is 3. The van der Waals surface area contributed by atoms with Crippen LogP contribution in [0.1, 0.15) is 61.6 Å². The van der Waals surface area contributed by atoms with Gasteiger partial charge in [0.25, 0.3) is 5.78 Å². The van der Waals surface area contributed by atoms with Gasteiger partial charge < -0.3 is 9.84 Å². The lowest BCUT2D eigenvalue weighted by atomic mass is 9.85. The van der Waals surface area contributed by atoms with Crippen molar-refractivity contribution in [1.82, 2.24) is 4.98 Å². The van der Waals surface area contributed by atoms with Gasteiger partial charge in [-0.3, -0.25) is 14.5 Å². The Morgan fingerprint density at radius 1 is 1.05 bits per heavy atom. The van der Waals surface area contributed by atoms with E-state index in [1.165, 1.54) is 16.2 Å². The maximum Gasteiger partial charge on any atom is 0.301 e. The molecule has 0 saturated carbocycles. The van der Waals surface area contributed by atoms with Crippen molar-refractivity contribution in [2.75, 3.05) is 4.90 Å². The van der Waals surface area contributed by atoms with E-state index < -0.39 is 17.7 Å². The molecule has 3 heterocycles. The molecule has 0 spiro atoms. The van der Waals surface area contributed by atoms with Crippen molar-refractivity contribution in [2.24, 2.45) is 0 Å². The maximum absolute atomic E-state index is 13.6. The van der Waals surface area contributed by atoms with E-state index in [1.807, 2.05) is 68.4 Å². The Bertz CT molecular complexity index is 1680. The lowest BCUT2D eigenvalue weighted by Crippen LogP contribution is -2.29. The average Bonchev–Trinajstić information content (AvgIpc) is 3.55. The molecule has 6 nitrogen and oxygen atoms in total. The molecular formula is C32H30N2O4S. The number of carbonyl (C=O) groups excluding carboxylic acids is 2. The second kappa shape index (κ2) is 9.06. The Hall–Kier alpha value is -3.97. The van der Waals surface area contributed by atoms with Gasteiger partial charge in [0.1, 0.15) is 17.6 Å². The van der Waals surface area contributed by atoms with Crippen molar-refractivity contribution in [3.05, 3.63) is 94.1 Å². The Balaban J connectivity index is 1.53. The minimum Gasteiger partial charge on any atom is -0.507 e. The molecule has 1 amide bonds. The van der Waals surface area contributed by atoms with Crippen molar-refractivity contribution in [3.8, 4) is 5.75 Å². The fraction of sp³-hybridized carbons (Fsp3) is 0.281. The number of aliphatic hydroxyl groups is 1. The van der Waals surface area contributed by atoms with Gasteiger partial charge in [-0.2, -0.15) is 0 Å². The molecule has 0 unspecified atom stereocenters. The van der Waals surface area contributed by atoms with Gasteiger partial charge in [0.05, 0.1) is 21.8 Å². The monoisotopic (exact) mass is 538 g/mol. The van der Waals surface area contributed by atoms with Crippen molar-refractivity contribution < 1.29 is 19.4 Å². The molecule has 0 radical (unpaired) electrons. The fourth-order valence-electron chi connectivity index (χ4n) is 5.36. The number of aliphatic hydroxyl groups excluding tert-OH is 1. The number of benzene rings is 3. The lowest BCUT2D eigenvalue weighted by molar-refractivity contribution is -0.132. The third kappa shape index (κ3) is 4.31. The highest BCUT2D eigenvalue weighted by molar-refractivity contribution is 7.22. The molecule has 1 saturated heterocycles. The van der Waals surface area contributed by atoms with E-state index in [4.69, 9.17) is 9.72 Å². The van der Waals surface area contributed by atoms with Crippen LogP contribution in [0.15, 0.2) is 66.2 Å². The predicted molar refractivity (Wildman–Crippen MR) is 155 cm³/mol. The largest absolute Gasteiger partial charge is 0.507 e. The van der Waals surface area contributed by atoms with Crippen LogP contribution in [0, 0.1) is 6.92 Å². The number of nitrogens with zero attached hydrogens (tertiary/aromatic N) is 2. The Labute approximate surface area is 231 Å². The first-order valence-corrected chi connectivity index (χ1v) is 13.9. The number of ketones is 1. The molecule has 1 aromatic heterocycles. The highest BCUT2D eigenvalue weighted by Gasteiger charge is 2.48. The van der Waals surface area contributed by atoms with Gasteiger partial charge in [0, 0.05) is 12.0 Å². The number of hydrogen-bond acceptors (Lipinski definition) is 6. The molecule has 39 heavy (non-hydrogen) atoms. The quantitative estimate of drug-likeness (QED) is 0.175. The van der Waals surface area contributed by atoms with Gasteiger partial charge >= 0.3 is 5.91 Å².